The van der Waals surface area contributed by atoms with E-state index in [0.717, 1.165) is 0 Å². The highest BCUT2D eigenvalue weighted by Gasteiger charge is 2.38. The van der Waals surface area contributed by atoms with Crippen molar-refractivity contribution in [3.8, 4) is 0 Å². The van der Waals surface area contributed by atoms with Gasteiger partial charge in [0.2, 0.25) is 76.8 Å². The molecule has 1 aromatic heterocycles. The number of carboxylic acid groups (broad SMARTS) is 1. The van der Waals surface area contributed by atoms with Gasteiger partial charge in [-0.2, -0.15) is 0 Å². The Balaban J connectivity index is 1.81. The smallest absolute Gasteiger partial charge is 0.325 e. The molecular weight excluding hydrogens is 1300 g/mol. The monoisotopic (exact) mass is 1410 g/mol. The molecule has 0 saturated carbocycles. The van der Waals surface area contributed by atoms with Crippen molar-refractivity contribution in [2.75, 3.05) is 39.4 Å². The van der Waals surface area contributed by atoms with Gasteiger partial charge in [-0.3, -0.25) is 67.1 Å². The summed E-state index contributed by atoms with van der Waals surface area (Å²) in [5.41, 5.74) is 24.8. The van der Waals surface area contributed by atoms with Gasteiger partial charge in [-0.15, -0.1) is 0 Å². The van der Waals surface area contributed by atoms with E-state index in [-0.39, 0.29) is 51.7 Å². The van der Waals surface area contributed by atoms with Crippen molar-refractivity contribution in [3.05, 3.63) is 71.9 Å². The first kappa shape index (κ1) is 84.5. The van der Waals surface area contributed by atoms with Crippen LogP contribution in [0.25, 0.3) is 10.9 Å². The normalized spacial score (nSPS) is 15.4. The van der Waals surface area contributed by atoms with Crippen LogP contribution >= 0.6 is 0 Å². The van der Waals surface area contributed by atoms with Gasteiger partial charge in [0.1, 0.15) is 72.5 Å². The summed E-state index contributed by atoms with van der Waals surface area (Å²) in [7, 11) is 0. The molecule has 1 heterocycles. The molecule has 0 radical (unpaired) electrons. The van der Waals surface area contributed by atoms with E-state index in [9.17, 15) is 82.4 Å². The summed E-state index contributed by atoms with van der Waals surface area (Å²) in [6.45, 7) is 10.6. The van der Waals surface area contributed by atoms with Crippen LogP contribution in [0.4, 0.5) is 0 Å². The molecule has 3 rings (SSSR count). The number of aromatic amines is 1. The molecule has 0 aliphatic heterocycles. The molecule has 100 heavy (non-hydrogen) atoms. The number of aliphatic hydroxyl groups excluding tert-OH is 2. The Kier molecular flexibility index (Phi) is 35.8. The highest BCUT2D eigenvalue weighted by Crippen LogP contribution is 2.20. The molecule has 25 N–H and O–H groups in total. The number of benzene rings is 2. The number of amides is 13. The van der Waals surface area contributed by atoms with Crippen LogP contribution in [0.1, 0.15) is 99.1 Å². The van der Waals surface area contributed by atoms with Crippen molar-refractivity contribution in [2.24, 2.45) is 40.7 Å². The molecule has 0 bridgehead atoms. The van der Waals surface area contributed by atoms with Gasteiger partial charge in [0.25, 0.3) is 0 Å². The zero-order valence-electron chi connectivity index (χ0n) is 57.9. The summed E-state index contributed by atoms with van der Waals surface area (Å²) in [6.07, 6.45) is 0.907. The summed E-state index contributed by atoms with van der Waals surface area (Å²) in [5.74, 6) is -14.5. The van der Waals surface area contributed by atoms with Crippen molar-refractivity contribution in [1.29, 1.82) is 0 Å². The molecule has 13 amide bonds. The lowest BCUT2D eigenvalue weighted by Crippen LogP contribution is -2.62. The number of aromatic nitrogens is 1. The van der Waals surface area contributed by atoms with E-state index >= 15 is 0 Å². The van der Waals surface area contributed by atoms with Crippen molar-refractivity contribution in [3.63, 3.8) is 0 Å². The van der Waals surface area contributed by atoms with Crippen LogP contribution in [0, 0.1) is 17.8 Å². The number of hydrogen-bond acceptors (Lipinski definition) is 20. The van der Waals surface area contributed by atoms with Gasteiger partial charge >= 0.3 is 5.97 Å². The fourth-order valence-corrected chi connectivity index (χ4v) is 9.96. The van der Waals surface area contributed by atoms with E-state index < -0.39 is 199 Å². The lowest BCUT2D eigenvalue weighted by atomic mass is 9.96. The molecule has 14 atom stereocenters. The Morgan fingerprint density at radius 1 is 0.430 bits per heavy atom. The number of nitrogens with one attached hydrogen (secondary N) is 14. The lowest BCUT2D eigenvalue weighted by molar-refractivity contribution is -0.142. The number of fused-ring (bicyclic) bond motifs is 1. The molecule has 0 aliphatic carbocycles. The molecule has 0 saturated heterocycles. The first-order valence-electron chi connectivity index (χ1n) is 33.1. The predicted octanol–water partition coefficient (Wildman–Crippen LogP) is -6.25. The molecule has 3 aromatic rings. The molecule has 0 aliphatic rings. The number of nitrogens with two attached hydrogens (primary N) is 4. The minimum Gasteiger partial charge on any atom is -0.480 e. The largest absolute Gasteiger partial charge is 0.480 e. The van der Waals surface area contributed by atoms with Crippen LogP contribution in [0.5, 0.6) is 0 Å². The fraction of sp³-hybridized carbons (Fsp3) is 0.569. The van der Waals surface area contributed by atoms with Crippen LogP contribution < -0.4 is 92.1 Å². The molecule has 0 spiro atoms. The second-order valence-electron chi connectivity index (χ2n) is 25.0. The predicted molar refractivity (Wildman–Crippen MR) is 365 cm³/mol. The zero-order chi connectivity index (χ0) is 75.1. The van der Waals surface area contributed by atoms with Crippen LogP contribution in [-0.2, 0) is 80.0 Å². The van der Waals surface area contributed by atoms with Crippen molar-refractivity contribution in [2.45, 2.75) is 179 Å². The summed E-state index contributed by atoms with van der Waals surface area (Å²) in [4.78, 5) is 192. The molecular formula is C65H102N18O17. The summed E-state index contributed by atoms with van der Waals surface area (Å²) in [6, 6.07) is -2.77. The minimum atomic E-state index is -1.84. The third-order valence-electron chi connectivity index (χ3n) is 16.2. The number of H-pyrrole nitrogens is 1. The summed E-state index contributed by atoms with van der Waals surface area (Å²) in [5, 5.41) is 63.1. The van der Waals surface area contributed by atoms with E-state index in [1.165, 1.54) is 20.8 Å². The maximum atomic E-state index is 14.3. The second-order valence-corrected chi connectivity index (χ2v) is 25.0. The first-order chi connectivity index (χ1) is 47.2. The number of carbonyl (C=O) groups is 14. The van der Waals surface area contributed by atoms with Crippen molar-refractivity contribution < 1.29 is 82.4 Å². The van der Waals surface area contributed by atoms with Gasteiger partial charge < -0.3 is 112 Å². The standard InChI is InChI=1S/C65H102N18O17/c1-10-34(6)52(64(98)73-37(9)65(99)100)83-63(97)51(33(4)5)82-54(88)36(8)72-58(92)45(26-38-16-12-11-13-17-38)78-57(91)44(22-25-68)75-56(90)43(21-24-67)76-61(95)48(31-85)80-59(93)46(27-39-28-70-41-19-15-14-18-40(39)41)79-60(94)47(30-84)74-49(86)29-71-55(89)42(20-23-66)77-62(96)50(32(2)3)81-53(87)35(7)69/h11-19,28,32-37,42-48,50-52,70,84-85H,10,20-27,29-31,66-69H2,1-9H3,(H,71,89)(H,72,92)(H,73,98)(H,74,86)(H,75,90)(H,76,95)(H,77,96)(H,78,91)(H,79,94)(H,80,93)(H,81,87)(H,82,88)(H,83,97)(H,99,100)/t34-,35-,36-,37-,42+,43-,44+,45-,46+,47+,48-,50+,51-,52+/m0/s1. The van der Waals surface area contributed by atoms with Gasteiger partial charge in [0.15, 0.2) is 0 Å². The average Bonchev–Trinajstić information content (AvgIpc) is 1.62. The van der Waals surface area contributed by atoms with E-state index in [0.29, 0.717) is 28.5 Å². The number of carboxylic acids is 1. The summed E-state index contributed by atoms with van der Waals surface area (Å²) < 4.78 is 0. The second kappa shape index (κ2) is 42.3. The van der Waals surface area contributed by atoms with Crippen molar-refractivity contribution in [1.82, 2.24) is 74.1 Å². The quantitative estimate of drug-likeness (QED) is 0.0251. The first-order valence-corrected chi connectivity index (χ1v) is 33.1. The highest BCUT2D eigenvalue weighted by atomic mass is 16.4. The molecule has 35 nitrogen and oxygen atoms in total. The Bertz CT molecular complexity index is 3280. The van der Waals surface area contributed by atoms with Crippen molar-refractivity contribution >= 4 is 93.7 Å². The Morgan fingerprint density at radius 2 is 0.830 bits per heavy atom. The van der Waals surface area contributed by atoms with Crippen LogP contribution in [0.15, 0.2) is 60.8 Å². The van der Waals surface area contributed by atoms with E-state index in [4.69, 9.17) is 22.9 Å². The van der Waals surface area contributed by atoms with E-state index in [1.807, 2.05) is 0 Å². The number of para-hydroxylation sites is 1. The lowest BCUT2D eigenvalue weighted by Gasteiger charge is -2.29. The maximum absolute atomic E-state index is 14.3. The Hall–Kier alpha value is -9.68. The number of aliphatic hydroxyl groups is 2. The number of carbonyl (C=O) groups excluding carboxylic acids is 13. The van der Waals surface area contributed by atoms with E-state index in [2.05, 4.69) is 74.1 Å². The molecule has 35 heteroatoms. The maximum Gasteiger partial charge on any atom is 0.325 e. The molecule has 0 fully saturated rings. The molecule has 554 valence electrons. The number of hydrogen-bond donors (Lipinski definition) is 21. The molecule has 2 aromatic carbocycles. The van der Waals surface area contributed by atoms with Crippen LogP contribution in [0.2, 0.25) is 0 Å². The minimum absolute atomic E-state index is 0.0873. The highest BCUT2D eigenvalue weighted by molar-refractivity contribution is 6.00. The van der Waals surface area contributed by atoms with Crippen LogP contribution in [0.3, 0.4) is 0 Å². The van der Waals surface area contributed by atoms with Gasteiger partial charge in [-0.25, -0.2) is 0 Å². The van der Waals surface area contributed by atoms with Gasteiger partial charge in [0.05, 0.1) is 25.8 Å². The SMILES string of the molecule is CC[C@H](C)[C@@H](NC(=O)[C@@H](NC(=O)[C@H](C)NC(=O)[C@H](Cc1ccccc1)NC(=O)[C@@H](CCN)NC(=O)[C@H](CCN)NC(=O)[C@H](CO)NC(=O)[C@@H](Cc1c[nH]c2ccccc12)NC(=O)[C@@H](CO)NC(=O)CNC(=O)[C@@H](CCN)NC(=O)[C@H](NC(=O)[C@H](C)N)C(C)C)C(C)C)C(=O)N[C@@H](C)C(=O)O. The third-order valence-corrected chi connectivity index (χ3v) is 16.2. The van der Waals surface area contributed by atoms with E-state index in [1.54, 1.807) is 102 Å². The number of aliphatic carboxylic acids is 1. The van der Waals surface area contributed by atoms with Crippen LogP contribution in [-0.4, -0.2) is 221 Å². The fourth-order valence-electron chi connectivity index (χ4n) is 9.96. The Morgan fingerprint density at radius 3 is 1.33 bits per heavy atom. The van der Waals surface area contributed by atoms with Gasteiger partial charge in [-0.05, 0) is 94.6 Å². The summed E-state index contributed by atoms with van der Waals surface area (Å²) >= 11 is 0. The van der Waals surface area contributed by atoms with Gasteiger partial charge in [-0.1, -0.05) is 96.5 Å². The van der Waals surface area contributed by atoms with Gasteiger partial charge in [0, 0.05) is 29.9 Å². The number of rotatable bonds is 43. The Labute approximate surface area is 579 Å². The topological polar surface area (TPSA) is 576 Å². The average molecular weight is 1410 g/mol. The molecule has 0 unspecified atom stereocenters. The zero-order valence-corrected chi connectivity index (χ0v) is 57.9. The third kappa shape index (κ3) is 26.9.